The number of ether oxygens (including phenoxy) is 1. The topological polar surface area (TPSA) is 122 Å². The molecule has 2 saturated carbocycles. The molecule has 39 heavy (non-hydrogen) atoms. The van der Waals surface area contributed by atoms with E-state index in [0.717, 1.165) is 24.9 Å². The van der Waals surface area contributed by atoms with Gasteiger partial charge in [0.1, 0.15) is 5.75 Å². The number of halogens is 3. The molecule has 0 aromatic heterocycles. The monoisotopic (exact) mass is 570 g/mol. The highest BCUT2D eigenvalue weighted by atomic mass is 32.2. The number of hydrogen-bond acceptors (Lipinski definition) is 5. The summed E-state index contributed by atoms with van der Waals surface area (Å²) in [6, 6.07) is 13.5. The van der Waals surface area contributed by atoms with Gasteiger partial charge in [-0.3, -0.25) is 9.52 Å². The third-order valence-electron chi connectivity index (χ3n) is 6.84. The van der Waals surface area contributed by atoms with Crippen LogP contribution >= 0.6 is 0 Å². The lowest BCUT2D eigenvalue weighted by Gasteiger charge is -2.23. The molecule has 3 N–H and O–H groups in total. The molecule has 214 valence electrons. The van der Waals surface area contributed by atoms with Gasteiger partial charge in [-0.25, -0.2) is 13.2 Å². The van der Waals surface area contributed by atoms with Gasteiger partial charge in [0, 0.05) is 12.2 Å². The van der Waals surface area contributed by atoms with Crippen molar-refractivity contribution in [3.05, 3.63) is 54.1 Å². The van der Waals surface area contributed by atoms with Gasteiger partial charge in [-0.1, -0.05) is 31.4 Å². The van der Waals surface area contributed by atoms with Crippen molar-refractivity contribution in [3.63, 3.8) is 0 Å². The lowest BCUT2D eigenvalue weighted by molar-refractivity contribution is -0.192. The van der Waals surface area contributed by atoms with Gasteiger partial charge in [-0.05, 0) is 80.5 Å². The number of amides is 1. The third kappa shape index (κ3) is 8.35. The lowest BCUT2D eigenvalue weighted by Crippen LogP contribution is -2.38. The Labute approximate surface area is 226 Å². The molecule has 0 heterocycles. The second-order valence-corrected chi connectivity index (χ2v) is 11.4. The fourth-order valence-electron chi connectivity index (χ4n) is 4.52. The number of hydrogen-bond donors (Lipinski definition) is 3. The van der Waals surface area contributed by atoms with Crippen molar-refractivity contribution in [2.75, 3.05) is 17.9 Å². The number of sulfonamides is 1. The van der Waals surface area contributed by atoms with Gasteiger partial charge in [0.2, 0.25) is 5.91 Å². The molecule has 0 radical (unpaired) electrons. The molecule has 2 aliphatic rings. The van der Waals surface area contributed by atoms with Crippen molar-refractivity contribution >= 4 is 27.6 Å². The highest BCUT2D eigenvalue weighted by molar-refractivity contribution is 7.92. The maximum atomic E-state index is 12.9. The molecule has 8 nitrogen and oxygen atoms in total. The first kappa shape index (κ1) is 30.3. The van der Waals surface area contributed by atoms with Crippen LogP contribution in [-0.4, -0.2) is 44.7 Å². The zero-order valence-electron chi connectivity index (χ0n) is 21.6. The van der Waals surface area contributed by atoms with E-state index in [1.54, 1.807) is 24.3 Å². The van der Waals surface area contributed by atoms with Crippen LogP contribution in [0.15, 0.2) is 53.4 Å². The van der Waals surface area contributed by atoms with E-state index in [2.05, 4.69) is 10.0 Å². The Hall–Kier alpha value is -3.28. The number of rotatable bonds is 9. The Balaban J connectivity index is 0.000000532. The smallest absolute Gasteiger partial charge is 0.490 e. The van der Waals surface area contributed by atoms with E-state index in [1.807, 2.05) is 19.1 Å². The van der Waals surface area contributed by atoms with Crippen molar-refractivity contribution in [2.24, 2.45) is 5.92 Å². The van der Waals surface area contributed by atoms with E-state index in [-0.39, 0.29) is 10.8 Å². The molecule has 2 aromatic rings. The molecule has 2 fully saturated rings. The second-order valence-electron chi connectivity index (χ2n) is 9.69. The van der Waals surface area contributed by atoms with E-state index in [1.165, 1.54) is 44.2 Å². The summed E-state index contributed by atoms with van der Waals surface area (Å²) in [6.07, 6.45) is 2.83. The fourth-order valence-corrected chi connectivity index (χ4v) is 5.58. The molecular formula is C27H33F3N2O6S. The summed E-state index contributed by atoms with van der Waals surface area (Å²) in [6.45, 7) is 3.17. The summed E-state index contributed by atoms with van der Waals surface area (Å²) >= 11 is 0. The molecule has 0 spiro atoms. The van der Waals surface area contributed by atoms with Crippen LogP contribution in [0, 0.1) is 5.92 Å². The molecule has 0 aliphatic heterocycles. The van der Waals surface area contributed by atoms with Gasteiger partial charge in [0.15, 0.2) is 0 Å². The van der Waals surface area contributed by atoms with Crippen LogP contribution in [0.5, 0.6) is 5.75 Å². The molecule has 0 unspecified atom stereocenters. The maximum absolute atomic E-state index is 12.9. The van der Waals surface area contributed by atoms with Crippen molar-refractivity contribution in [1.82, 2.24) is 5.32 Å². The number of alkyl halides is 3. The molecular weight excluding hydrogens is 537 g/mol. The Morgan fingerprint density at radius 3 is 2.05 bits per heavy atom. The summed E-state index contributed by atoms with van der Waals surface area (Å²) in [7, 11) is -3.70. The fraction of sp³-hybridized carbons (Fsp3) is 0.481. The first-order valence-electron chi connectivity index (χ1n) is 12.8. The molecule has 2 aliphatic carbocycles. The Kier molecular flexibility index (Phi) is 9.87. The molecule has 0 bridgehead atoms. The minimum Gasteiger partial charge on any atom is -0.494 e. The zero-order chi connectivity index (χ0) is 28.7. The molecule has 0 atom stereocenters. The third-order valence-corrected chi connectivity index (χ3v) is 8.24. The minimum atomic E-state index is -5.08. The molecule has 2 aromatic carbocycles. The van der Waals surface area contributed by atoms with Crippen molar-refractivity contribution in [1.29, 1.82) is 0 Å². The van der Waals surface area contributed by atoms with Gasteiger partial charge in [-0.15, -0.1) is 0 Å². The highest BCUT2D eigenvalue weighted by Crippen LogP contribution is 2.48. The summed E-state index contributed by atoms with van der Waals surface area (Å²) in [5.41, 5.74) is 0.963. The summed E-state index contributed by atoms with van der Waals surface area (Å²) in [4.78, 5) is 22.0. The van der Waals surface area contributed by atoms with Crippen LogP contribution in [0.25, 0.3) is 0 Å². The van der Waals surface area contributed by atoms with Gasteiger partial charge >= 0.3 is 12.1 Å². The number of carboxylic acid groups (broad SMARTS) is 1. The molecule has 12 heteroatoms. The van der Waals surface area contributed by atoms with Crippen molar-refractivity contribution in [3.8, 4) is 5.75 Å². The van der Waals surface area contributed by atoms with Gasteiger partial charge in [-0.2, -0.15) is 13.2 Å². The number of carbonyl (C=O) groups is 2. The number of carboxylic acids is 1. The number of anilines is 1. The highest BCUT2D eigenvalue weighted by Gasteiger charge is 2.51. The first-order valence-corrected chi connectivity index (χ1v) is 14.3. The van der Waals surface area contributed by atoms with Crippen LogP contribution in [0.2, 0.25) is 0 Å². The van der Waals surface area contributed by atoms with Gasteiger partial charge in [0.05, 0.1) is 16.9 Å². The van der Waals surface area contributed by atoms with E-state index < -0.39 is 27.6 Å². The predicted octanol–water partition coefficient (Wildman–Crippen LogP) is 5.25. The standard InChI is InChI=1S/C25H32N2O4S.C2HF3O2/c1-2-31-22-12-14-23(15-13-22)32(29,30)27-21-10-8-20(9-11-21)25(16-17-25)24(28)26-18-19-6-4-3-5-7-19;3-2(4,5)1(6)7/h8-15,19,27H,2-7,16-18H2,1H3,(H,26,28);(H,6,7). The SMILES string of the molecule is CCOc1ccc(S(=O)(=O)Nc2ccc(C3(C(=O)NCC4CCCCC4)CC3)cc2)cc1.O=C(O)C(F)(F)F. The predicted molar refractivity (Wildman–Crippen MR) is 139 cm³/mol. The molecule has 0 saturated heterocycles. The lowest BCUT2D eigenvalue weighted by atomic mass is 9.88. The van der Waals surface area contributed by atoms with Crippen LogP contribution < -0.4 is 14.8 Å². The average Bonchev–Trinajstić information content (AvgIpc) is 3.71. The Morgan fingerprint density at radius 1 is 1.00 bits per heavy atom. The maximum Gasteiger partial charge on any atom is 0.490 e. The van der Waals surface area contributed by atoms with Crippen LogP contribution in [0.1, 0.15) is 57.4 Å². The zero-order valence-corrected chi connectivity index (χ0v) is 22.4. The minimum absolute atomic E-state index is 0.103. The van der Waals surface area contributed by atoms with Gasteiger partial charge in [0.25, 0.3) is 10.0 Å². The first-order chi connectivity index (χ1) is 18.4. The van der Waals surface area contributed by atoms with Crippen LogP contribution in [0.4, 0.5) is 18.9 Å². The number of nitrogens with one attached hydrogen (secondary N) is 2. The Morgan fingerprint density at radius 2 is 1.56 bits per heavy atom. The van der Waals surface area contributed by atoms with E-state index in [0.29, 0.717) is 24.0 Å². The van der Waals surface area contributed by atoms with E-state index >= 15 is 0 Å². The van der Waals surface area contributed by atoms with E-state index in [9.17, 15) is 26.4 Å². The molecule has 1 amide bonds. The summed E-state index contributed by atoms with van der Waals surface area (Å²) in [5.74, 6) is -1.42. The number of benzene rings is 2. The van der Waals surface area contributed by atoms with Crippen LogP contribution in [0.3, 0.4) is 0 Å². The van der Waals surface area contributed by atoms with Crippen molar-refractivity contribution in [2.45, 2.75) is 68.4 Å². The van der Waals surface area contributed by atoms with Crippen molar-refractivity contribution < 1.29 is 41.0 Å². The summed E-state index contributed by atoms with van der Waals surface area (Å²) in [5, 5.41) is 10.3. The Bertz CT molecular complexity index is 1220. The normalized spacial score (nSPS) is 16.8. The molecule has 4 rings (SSSR count). The largest absolute Gasteiger partial charge is 0.494 e. The average molecular weight is 571 g/mol. The van der Waals surface area contributed by atoms with Gasteiger partial charge < -0.3 is 15.2 Å². The second kappa shape index (κ2) is 12.7. The van der Waals surface area contributed by atoms with E-state index in [4.69, 9.17) is 14.6 Å². The van der Waals surface area contributed by atoms with Crippen LogP contribution in [-0.2, 0) is 25.0 Å². The quantitative estimate of drug-likeness (QED) is 0.379. The summed E-state index contributed by atoms with van der Waals surface area (Å²) < 4.78 is 65.1. The number of carbonyl (C=O) groups excluding carboxylic acids is 1. The number of aliphatic carboxylic acids is 1.